The lowest BCUT2D eigenvalue weighted by Gasteiger charge is -2.30. The van der Waals surface area contributed by atoms with Gasteiger partial charge in [0, 0.05) is 24.0 Å². The summed E-state index contributed by atoms with van der Waals surface area (Å²) in [6.45, 7) is 1.28. The molecule has 1 aliphatic rings. The van der Waals surface area contributed by atoms with Crippen LogP contribution in [0.25, 0.3) is 10.9 Å². The van der Waals surface area contributed by atoms with Gasteiger partial charge in [0.15, 0.2) is 9.84 Å². The molecule has 8 nitrogen and oxygen atoms in total. The Balaban J connectivity index is 1.10. The molecule has 1 aromatic heterocycles. The minimum Gasteiger partial charge on any atom is -0.490 e. The molecule has 0 aliphatic carbocycles. The Morgan fingerprint density at radius 1 is 0.957 bits per heavy atom. The summed E-state index contributed by atoms with van der Waals surface area (Å²) in [5.74, 6) is 1.03. The molecule has 242 valence electrons. The highest BCUT2D eigenvalue weighted by molar-refractivity contribution is 9.10. The molecule has 1 atom stereocenters. The lowest BCUT2D eigenvalue weighted by molar-refractivity contribution is 0.0306. The van der Waals surface area contributed by atoms with E-state index in [0.717, 1.165) is 51.5 Å². The number of fused-ring (bicyclic) bond motifs is 1. The van der Waals surface area contributed by atoms with Crippen molar-refractivity contribution in [2.75, 3.05) is 24.2 Å². The highest BCUT2D eigenvalue weighted by Gasteiger charge is 2.35. The summed E-state index contributed by atoms with van der Waals surface area (Å²) in [4.78, 5) is 9.37. The van der Waals surface area contributed by atoms with Crippen molar-refractivity contribution in [3.05, 3.63) is 131 Å². The molecule has 0 bridgehead atoms. The molecule has 47 heavy (non-hydrogen) atoms. The molecule has 2 heterocycles. The Morgan fingerprint density at radius 3 is 2.62 bits per heavy atom. The maximum atomic E-state index is 13.5. The van der Waals surface area contributed by atoms with E-state index in [-0.39, 0.29) is 18.2 Å². The summed E-state index contributed by atoms with van der Waals surface area (Å²) in [5, 5.41) is 7.55. The van der Waals surface area contributed by atoms with Crippen molar-refractivity contribution in [2.45, 2.75) is 36.4 Å². The number of nitrogens with zero attached hydrogens (tertiary/aromatic N) is 2. The second kappa shape index (κ2) is 14.6. The fourth-order valence-corrected chi connectivity index (χ4v) is 7.31. The summed E-state index contributed by atoms with van der Waals surface area (Å²) >= 11 is 3.59. The first-order chi connectivity index (χ1) is 22.8. The Kier molecular flexibility index (Phi) is 10.1. The number of nitrogens with one attached hydrogen (secondary N) is 2. The Labute approximate surface area is 282 Å². The predicted molar refractivity (Wildman–Crippen MR) is 185 cm³/mol. The molecular weight excluding hydrogens is 683 g/mol. The van der Waals surface area contributed by atoms with Crippen LogP contribution >= 0.6 is 15.9 Å². The largest absolute Gasteiger partial charge is 0.490 e. The van der Waals surface area contributed by atoms with E-state index in [1.807, 2.05) is 42.5 Å². The van der Waals surface area contributed by atoms with Crippen LogP contribution in [-0.4, -0.2) is 37.2 Å². The van der Waals surface area contributed by atoms with Gasteiger partial charge in [0.1, 0.15) is 35.9 Å². The second-order valence-electron chi connectivity index (χ2n) is 11.3. The summed E-state index contributed by atoms with van der Waals surface area (Å²) in [6, 6.07) is 26.6. The van der Waals surface area contributed by atoms with Crippen LogP contribution in [0.1, 0.15) is 30.4 Å². The van der Waals surface area contributed by atoms with Crippen molar-refractivity contribution in [1.82, 2.24) is 15.3 Å². The number of benzene rings is 4. The van der Waals surface area contributed by atoms with Crippen molar-refractivity contribution in [2.24, 2.45) is 0 Å². The fourth-order valence-electron chi connectivity index (χ4n) is 5.59. The molecule has 0 saturated carbocycles. The van der Waals surface area contributed by atoms with Gasteiger partial charge < -0.3 is 20.1 Å². The van der Waals surface area contributed by atoms with E-state index >= 15 is 0 Å². The smallest absolute Gasteiger partial charge is 0.179 e. The Bertz CT molecular complexity index is 1980. The van der Waals surface area contributed by atoms with Crippen molar-refractivity contribution in [3.8, 4) is 5.75 Å². The maximum absolute atomic E-state index is 13.5. The van der Waals surface area contributed by atoms with Gasteiger partial charge in [-0.2, -0.15) is 0 Å². The Morgan fingerprint density at radius 2 is 1.83 bits per heavy atom. The molecule has 4 aromatic carbocycles. The van der Waals surface area contributed by atoms with Crippen LogP contribution < -0.4 is 15.4 Å². The molecule has 0 spiro atoms. The maximum Gasteiger partial charge on any atom is 0.179 e. The number of halogens is 2. The van der Waals surface area contributed by atoms with Crippen molar-refractivity contribution in [1.29, 1.82) is 0 Å². The number of hydrogen-bond donors (Lipinski definition) is 2. The summed E-state index contributed by atoms with van der Waals surface area (Å²) < 4.78 is 51.6. The standard InChI is InChI=1S/C36H34BrFN4O4S/c37-32-23-29(12-14-34(32)45-24-26-7-4-8-28(38)21-26)42-35-31-22-27(11-13-33(31)40-25-41-35)36(16-6-19-46-36)15-5-17-39-18-20-47(43,44)30-9-2-1-3-10-30/h1-4,6-14,19,21-23,25,39H,5,15-18,20,24H2,(H,40,41,42). The van der Waals surface area contributed by atoms with E-state index in [0.29, 0.717) is 29.6 Å². The van der Waals surface area contributed by atoms with Gasteiger partial charge in [0.25, 0.3) is 0 Å². The molecule has 5 aromatic rings. The van der Waals surface area contributed by atoms with Crippen LogP contribution in [0.15, 0.2) is 119 Å². The number of ether oxygens (including phenoxy) is 2. The second-order valence-corrected chi connectivity index (χ2v) is 14.3. The van der Waals surface area contributed by atoms with Crippen LogP contribution in [0.2, 0.25) is 0 Å². The molecule has 0 radical (unpaired) electrons. The van der Waals surface area contributed by atoms with E-state index in [4.69, 9.17) is 9.47 Å². The fraction of sp³-hybridized carbons (Fsp3) is 0.222. The van der Waals surface area contributed by atoms with Crippen molar-refractivity contribution in [3.63, 3.8) is 0 Å². The van der Waals surface area contributed by atoms with Crippen LogP contribution in [0.3, 0.4) is 0 Å². The van der Waals surface area contributed by atoms with Crippen LogP contribution in [0.4, 0.5) is 15.9 Å². The zero-order chi connectivity index (χ0) is 32.7. The predicted octanol–water partition coefficient (Wildman–Crippen LogP) is 7.83. The number of anilines is 2. The molecule has 1 aliphatic heterocycles. The first kappa shape index (κ1) is 32.6. The third kappa shape index (κ3) is 7.98. The van der Waals surface area contributed by atoms with E-state index in [1.54, 1.807) is 42.7 Å². The lowest BCUT2D eigenvalue weighted by atomic mass is 9.86. The molecule has 0 saturated heterocycles. The minimum absolute atomic E-state index is 0.0435. The first-order valence-electron chi connectivity index (χ1n) is 15.3. The van der Waals surface area contributed by atoms with Crippen LogP contribution in [0, 0.1) is 5.82 Å². The molecule has 0 fully saturated rings. The summed E-state index contributed by atoms with van der Waals surface area (Å²) in [6.07, 6.45) is 7.57. The summed E-state index contributed by atoms with van der Waals surface area (Å²) in [7, 11) is -3.32. The molecular formula is C36H34BrFN4O4S. The third-order valence-corrected chi connectivity index (χ3v) is 10.4. The first-order valence-corrected chi connectivity index (χ1v) is 17.8. The molecule has 11 heteroatoms. The van der Waals surface area contributed by atoms with Crippen LogP contribution in [-0.2, 0) is 26.8 Å². The number of hydrogen-bond acceptors (Lipinski definition) is 8. The van der Waals surface area contributed by atoms with Crippen molar-refractivity contribution < 1.29 is 22.3 Å². The van der Waals surface area contributed by atoms with Gasteiger partial charge in [-0.3, -0.25) is 0 Å². The van der Waals surface area contributed by atoms with Gasteiger partial charge in [-0.05, 0) is 107 Å². The van der Waals surface area contributed by atoms with Gasteiger partial charge in [-0.15, -0.1) is 0 Å². The zero-order valence-electron chi connectivity index (χ0n) is 25.5. The SMILES string of the molecule is O=S(=O)(CCNCCCC1(c2ccc3ncnc(Nc4ccc(OCc5cccc(F)c5)c(Br)c4)c3c2)CC=CO1)c1ccccc1. The van der Waals surface area contributed by atoms with Gasteiger partial charge in [0.05, 0.1) is 26.9 Å². The molecule has 0 amide bonds. The van der Waals surface area contributed by atoms with E-state index in [9.17, 15) is 12.8 Å². The van der Waals surface area contributed by atoms with E-state index in [2.05, 4.69) is 42.6 Å². The monoisotopic (exact) mass is 716 g/mol. The van der Waals surface area contributed by atoms with Gasteiger partial charge in [-0.25, -0.2) is 22.8 Å². The topological polar surface area (TPSA) is 102 Å². The Hall–Kier alpha value is -4.32. The normalized spacial score (nSPS) is 15.9. The van der Waals surface area contributed by atoms with Gasteiger partial charge in [-0.1, -0.05) is 36.4 Å². The molecule has 1 unspecified atom stereocenters. The number of aromatic nitrogens is 2. The average Bonchev–Trinajstić information content (AvgIpc) is 3.56. The highest BCUT2D eigenvalue weighted by Crippen LogP contribution is 2.40. The van der Waals surface area contributed by atoms with Gasteiger partial charge in [0.2, 0.25) is 0 Å². The van der Waals surface area contributed by atoms with E-state index in [1.165, 1.54) is 18.5 Å². The third-order valence-electron chi connectivity index (χ3n) is 8.06. The van der Waals surface area contributed by atoms with Gasteiger partial charge >= 0.3 is 0 Å². The summed E-state index contributed by atoms with van der Waals surface area (Å²) in [5.41, 5.74) is 2.81. The average molecular weight is 718 g/mol. The van der Waals surface area contributed by atoms with E-state index < -0.39 is 15.4 Å². The highest BCUT2D eigenvalue weighted by atomic mass is 79.9. The lowest BCUT2D eigenvalue weighted by Crippen LogP contribution is -2.28. The number of rotatable bonds is 14. The van der Waals surface area contributed by atoms with Crippen LogP contribution in [0.5, 0.6) is 5.75 Å². The zero-order valence-corrected chi connectivity index (χ0v) is 27.9. The van der Waals surface area contributed by atoms with Crippen molar-refractivity contribution >= 4 is 48.2 Å². The minimum atomic E-state index is -3.32. The quantitative estimate of drug-likeness (QED) is 0.112. The molecule has 2 N–H and O–H groups in total. The molecule has 6 rings (SSSR count). The number of sulfone groups is 1.